The van der Waals surface area contributed by atoms with Crippen LogP contribution in [0.2, 0.25) is 0 Å². The Labute approximate surface area is 139 Å². The van der Waals surface area contributed by atoms with Gasteiger partial charge in [-0.1, -0.05) is 0 Å². The van der Waals surface area contributed by atoms with Crippen LogP contribution in [0.3, 0.4) is 0 Å². The fraction of sp³-hybridized carbons (Fsp3) is 1.00. The summed E-state index contributed by atoms with van der Waals surface area (Å²) in [5, 5.41) is 66.6. The second-order valence-corrected chi connectivity index (χ2v) is 5.86. The van der Waals surface area contributed by atoms with E-state index in [0.717, 1.165) is 0 Å². The molecule has 10 nitrogen and oxygen atoms in total. The van der Waals surface area contributed by atoms with Crippen LogP contribution in [-0.4, -0.2) is 111 Å². The third-order valence-corrected chi connectivity index (χ3v) is 3.89. The van der Waals surface area contributed by atoms with Crippen LogP contribution >= 0.6 is 0 Å². The molecule has 1 fully saturated rings. The molecular weight excluding hydrogens is 328 g/mol. The molecule has 7 N–H and O–H groups in total. The van der Waals surface area contributed by atoms with Gasteiger partial charge in [0.15, 0.2) is 6.29 Å². The van der Waals surface area contributed by atoms with Crippen LogP contribution in [0.4, 0.5) is 0 Å². The Bertz CT molecular complexity index is 354. The minimum absolute atomic E-state index is 0.485. The molecule has 1 saturated heterocycles. The van der Waals surface area contributed by atoms with E-state index in [0.29, 0.717) is 0 Å². The quantitative estimate of drug-likeness (QED) is 0.204. The topological polar surface area (TPSA) is 169 Å². The zero-order valence-electron chi connectivity index (χ0n) is 13.7. The van der Waals surface area contributed by atoms with Crippen molar-refractivity contribution < 1.29 is 50.0 Å². The van der Waals surface area contributed by atoms with Gasteiger partial charge in [0.2, 0.25) is 0 Å². The largest absolute Gasteiger partial charge is 0.394 e. The monoisotopic (exact) mass is 356 g/mol. The molecule has 0 amide bonds. The first-order valence-corrected chi connectivity index (χ1v) is 7.78. The molecule has 9 atom stereocenters. The Hall–Kier alpha value is -0.400. The molecule has 0 spiro atoms. The van der Waals surface area contributed by atoms with Crippen molar-refractivity contribution in [2.24, 2.45) is 0 Å². The second-order valence-electron chi connectivity index (χ2n) is 5.86. The van der Waals surface area contributed by atoms with Gasteiger partial charge in [0.1, 0.15) is 42.7 Å². The Kier molecular flexibility index (Phi) is 8.95. The van der Waals surface area contributed by atoms with E-state index in [9.17, 15) is 25.5 Å². The highest BCUT2D eigenvalue weighted by molar-refractivity contribution is 4.92. The molecule has 24 heavy (non-hydrogen) atoms. The smallest absolute Gasteiger partial charge is 0.184 e. The minimum Gasteiger partial charge on any atom is -0.394 e. The van der Waals surface area contributed by atoms with Crippen molar-refractivity contribution in [1.29, 1.82) is 0 Å². The number of ether oxygens (including phenoxy) is 3. The zero-order chi connectivity index (χ0) is 18.4. The number of hydrogen-bond donors (Lipinski definition) is 7. The molecule has 1 heterocycles. The lowest BCUT2D eigenvalue weighted by Gasteiger charge is -2.42. The van der Waals surface area contributed by atoms with Crippen LogP contribution in [0.5, 0.6) is 0 Å². The number of hydrogen-bond acceptors (Lipinski definition) is 10. The number of aliphatic hydroxyl groups excluding tert-OH is 7. The third-order valence-electron chi connectivity index (χ3n) is 3.89. The molecule has 10 heteroatoms. The van der Waals surface area contributed by atoms with Gasteiger partial charge in [-0.2, -0.15) is 0 Å². The maximum absolute atomic E-state index is 10.1. The highest BCUT2D eigenvalue weighted by atomic mass is 16.7. The van der Waals surface area contributed by atoms with Crippen molar-refractivity contribution in [1.82, 2.24) is 0 Å². The van der Waals surface area contributed by atoms with E-state index >= 15 is 0 Å². The summed E-state index contributed by atoms with van der Waals surface area (Å²) < 4.78 is 16.1. The van der Waals surface area contributed by atoms with Crippen molar-refractivity contribution >= 4 is 0 Å². The van der Waals surface area contributed by atoms with Crippen molar-refractivity contribution in [3.05, 3.63) is 0 Å². The molecule has 0 radical (unpaired) electrons. The van der Waals surface area contributed by atoms with Crippen LogP contribution in [0, 0.1) is 0 Å². The first-order chi connectivity index (χ1) is 11.3. The Morgan fingerprint density at radius 1 is 1.04 bits per heavy atom. The van der Waals surface area contributed by atoms with E-state index in [1.54, 1.807) is 6.92 Å². The molecule has 0 aliphatic carbocycles. The molecule has 1 aliphatic rings. The average Bonchev–Trinajstić information content (AvgIpc) is 2.56. The maximum atomic E-state index is 10.1. The predicted octanol–water partition coefficient (Wildman–Crippen LogP) is -3.69. The van der Waals surface area contributed by atoms with Gasteiger partial charge in [-0.25, -0.2) is 0 Å². The summed E-state index contributed by atoms with van der Waals surface area (Å²) in [7, 11) is 0. The molecule has 0 aromatic carbocycles. The van der Waals surface area contributed by atoms with E-state index in [2.05, 4.69) is 0 Å². The van der Waals surface area contributed by atoms with Gasteiger partial charge in [0.05, 0.1) is 25.9 Å². The predicted molar refractivity (Wildman–Crippen MR) is 78.8 cm³/mol. The summed E-state index contributed by atoms with van der Waals surface area (Å²) in [6, 6.07) is 0. The number of aliphatic hydroxyl groups is 7. The van der Waals surface area contributed by atoms with Gasteiger partial charge in [-0.3, -0.25) is 0 Å². The Morgan fingerprint density at radius 3 is 2.12 bits per heavy atom. The summed E-state index contributed by atoms with van der Waals surface area (Å²) in [5.41, 5.74) is 0. The highest BCUT2D eigenvalue weighted by Gasteiger charge is 2.45. The maximum Gasteiger partial charge on any atom is 0.184 e. The Morgan fingerprint density at radius 2 is 1.67 bits per heavy atom. The van der Waals surface area contributed by atoms with E-state index in [4.69, 9.17) is 24.4 Å². The van der Waals surface area contributed by atoms with Gasteiger partial charge in [0.25, 0.3) is 0 Å². The minimum atomic E-state index is -1.41. The zero-order valence-corrected chi connectivity index (χ0v) is 13.7. The van der Waals surface area contributed by atoms with Crippen molar-refractivity contribution in [2.75, 3.05) is 19.8 Å². The standard InChI is InChI=1S/C14H28O10/c1-6(18)14(23-9(4-16)8(19)3-15)24-13-7(2)22-10(5-17)11(20)12(13)21/h6-21H,3-5H2,1-2H3/t6?,7-,8+,9?,10?,11-,12?,13?,14-/m0/s1. The molecule has 1 aliphatic heterocycles. The van der Waals surface area contributed by atoms with Gasteiger partial charge in [-0.15, -0.1) is 0 Å². The molecule has 5 unspecified atom stereocenters. The lowest BCUT2D eigenvalue weighted by atomic mass is 9.95. The van der Waals surface area contributed by atoms with E-state index in [1.165, 1.54) is 6.92 Å². The summed E-state index contributed by atoms with van der Waals surface area (Å²) in [6.07, 6.45) is -10.8. The molecule has 1 rings (SSSR count). The number of rotatable bonds is 9. The summed E-state index contributed by atoms with van der Waals surface area (Å²) in [6.45, 7) is 1.09. The van der Waals surface area contributed by atoms with Crippen LogP contribution in [0.15, 0.2) is 0 Å². The van der Waals surface area contributed by atoms with Crippen LogP contribution in [0.1, 0.15) is 13.8 Å². The van der Waals surface area contributed by atoms with Crippen molar-refractivity contribution in [3.8, 4) is 0 Å². The second kappa shape index (κ2) is 9.92. The van der Waals surface area contributed by atoms with E-state index in [-0.39, 0.29) is 0 Å². The van der Waals surface area contributed by atoms with E-state index < -0.39 is 74.9 Å². The molecule has 0 aromatic heterocycles. The Balaban J connectivity index is 2.80. The van der Waals surface area contributed by atoms with Crippen LogP contribution in [0.25, 0.3) is 0 Å². The van der Waals surface area contributed by atoms with Crippen molar-refractivity contribution in [3.63, 3.8) is 0 Å². The summed E-state index contributed by atoms with van der Waals surface area (Å²) in [4.78, 5) is 0. The fourth-order valence-corrected chi connectivity index (χ4v) is 2.43. The van der Waals surface area contributed by atoms with Gasteiger partial charge in [-0.05, 0) is 13.8 Å². The van der Waals surface area contributed by atoms with Crippen molar-refractivity contribution in [2.45, 2.75) is 69.0 Å². The highest BCUT2D eigenvalue weighted by Crippen LogP contribution is 2.25. The fourth-order valence-electron chi connectivity index (χ4n) is 2.43. The van der Waals surface area contributed by atoms with Gasteiger partial charge >= 0.3 is 0 Å². The lowest BCUT2D eigenvalue weighted by Crippen LogP contribution is -2.60. The van der Waals surface area contributed by atoms with Gasteiger partial charge in [0, 0.05) is 0 Å². The molecule has 0 bridgehead atoms. The van der Waals surface area contributed by atoms with E-state index in [1.807, 2.05) is 0 Å². The SMILES string of the molecule is CC(O)[C@@H](OC(CO)[C@H](O)CO)OC1C(O)[C@@H](O)C(CO)O[C@H]1C. The summed E-state index contributed by atoms with van der Waals surface area (Å²) in [5.74, 6) is 0. The van der Waals surface area contributed by atoms with Crippen LogP contribution in [-0.2, 0) is 14.2 Å². The molecule has 0 aromatic rings. The first-order valence-electron chi connectivity index (χ1n) is 7.78. The molecule has 144 valence electrons. The molecule has 0 saturated carbocycles. The normalized spacial score (nSPS) is 36.1. The summed E-state index contributed by atoms with van der Waals surface area (Å²) >= 11 is 0. The first kappa shape index (κ1) is 21.6. The average molecular weight is 356 g/mol. The third kappa shape index (κ3) is 5.30. The van der Waals surface area contributed by atoms with Gasteiger partial charge < -0.3 is 50.0 Å². The lowest BCUT2D eigenvalue weighted by molar-refractivity contribution is -0.306. The van der Waals surface area contributed by atoms with Crippen LogP contribution < -0.4 is 0 Å². The molecular formula is C14H28O10.